The van der Waals surface area contributed by atoms with Crippen LogP contribution in [-0.4, -0.2) is 57.4 Å². The summed E-state index contributed by atoms with van der Waals surface area (Å²) < 4.78 is 38.9. The Morgan fingerprint density at radius 2 is 1.92 bits per heavy atom. The molecule has 4 heterocycles. The van der Waals surface area contributed by atoms with E-state index in [0.717, 1.165) is 33.9 Å². The Morgan fingerprint density at radius 1 is 1.12 bits per heavy atom. The van der Waals surface area contributed by atoms with Crippen LogP contribution in [0, 0.1) is 0 Å². The fourth-order valence-corrected chi connectivity index (χ4v) is 3.88. The number of pyridine rings is 2. The Balaban J connectivity index is 1.56. The first-order valence-electron chi connectivity index (χ1n) is 7.92. The molecule has 1 N–H and O–H groups in total. The molecule has 132 valence electrons. The highest BCUT2D eigenvalue weighted by molar-refractivity contribution is 7.97. The topological polar surface area (TPSA) is 48.0 Å². The molecule has 5 nitrogen and oxygen atoms in total. The first kappa shape index (κ1) is 16.5. The number of aromatic nitrogens is 3. The highest BCUT2D eigenvalue weighted by atomic mass is 32.2. The first-order chi connectivity index (χ1) is 12.0. The maximum absolute atomic E-state index is 12.4. The standard InChI is InChI=1S/C16H16F3N5S/c17-16(18,19)10-25-24-7-5-23(6-8-24)13-2-4-20-12-9-22-15-11(14(12)13)1-3-21-15/h1-4,9,20H,5-8,10H2. The Hall–Kier alpha value is -2.00. The minimum atomic E-state index is -4.13. The summed E-state index contributed by atoms with van der Waals surface area (Å²) in [7, 11) is 0. The van der Waals surface area contributed by atoms with Crippen LogP contribution in [0.3, 0.4) is 0 Å². The van der Waals surface area contributed by atoms with Crippen molar-refractivity contribution in [1.29, 1.82) is 0 Å². The third kappa shape index (κ3) is 3.38. The zero-order valence-electron chi connectivity index (χ0n) is 13.3. The minimum Gasteiger partial charge on any atom is -0.368 e. The van der Waals surface area contributed by atoms with Gasteiger partial charge in [-0.3, -0.25) is 0 Å². The van der Waals surface area contributed by atoms with Crippen molar-refractivity contribution in [1.82, 2.24) is 19.3 Å². The molecule has 0 atom stereocenters. The Labute approximate surface area is 146 Å². The van der Waals surface area contributed by atoms with Crippen molar-refractivity contribution in [2.45, 2.75) is 6.18 Å². The molecule has 0 unspecified atom stereocenters. The molecule has 1 aliphatic heterocycles. The van der Waals surface area contributed by atoms with E-state index in [0.29, 0.717) is 31.8 Å². The van der Waals surface area contributed by atoms with Gasteiger partial charge in [-0.05, 0) is 12.1 Å². The van der Waals surface area contributed by atoms with Crippen LogP contribution in [0.1, 0.15) is 0 Å². The minimum absolute atomic E-state index is 0.592. The molecule has 1 aliphatic rings. The van der Waals surface area contributed by atoms with Gasteiger partial charge >= 0.3 is 6.18 Å². The molecular formula is C16H16F3N5S. The lowest BCUT2D eigenvalue weighted by molar-refractivity contribution is -0.105. The van der Waals surface area contributed by atoms with Crippen LogP contribution in [-0.2, 0) is 0 Å². The predicted molar refractivity (Wildman–Crippen MR) is 93.7 cm³/mol. The van der Waals surface area contributed by atoms with Crippen LogP contribution in [0.25, 0.3) is 21.9 Å². The molecule has 4 rings (SSSR count). The number of fused-ring (bicyclic) bond motifs is 3. The molecule has 9 heteroatoms. The lowest BCUT2D eigenvalue weighted by Crippen LogP contribution is -2.44. The zero-order valence-corrected chi connectivity index (χ0v) is 14.1. The summed E-state index contributed by atoms with van der Waals surface area (Å²) >= 11 is 0.865. The smallest absolute Gasteiger partial charge is 0.368 e. The molecular weight excluding hydrogens is 351 g/mol. The van der Waals surface area contributed by atoms with Gasteiger partial charge in [-0.1, -0.05) is 11.9 Å². The van der Waals surface area contributed by atoms with Crippen LogP contribution in [0.2, 0.25) is 0 Å². The van der Waals surface area contributed by atoms with Crippen LogP contribution in [0.5, 0.6) is 0 Å². The highest BCUT2D eigenvalue weighted by Crippen LogP contribution is 2.32. The SMILES string of the molecule is FC(F)(F)CSN1CCN(c2cc[nH]c3cnc4nccc4c23)CC1. The van der Waals surface area contributed by atoms with E-state index in [2.05, 4.69) is 19.9 Å². The van der Waals surface area contributed by atoms with E-state index in [1.54, 1.807) is 16.7 Å². The number of piperazine rings is 1. The van der Waals surface area contributed by atoms with Gasteiger partial charge in [0.1, 0.15) is 5.75 Å². The van der Waals surface area contributed by atoms with Crippen LogP contribution in [0.15, 0.2) is 30.7 Å². The molecule has 3 aromatic rings. The van der Waals surface area contributed by atoms with Gasteiger partial charge in [-0.25, -0.2) is 14.3 Å². The maximum atomic E-state index is 12.4. The van der Waals surface area contributed by atoms with Gasteiger partial charge < -0.3 is 9.88 Å². The van der Waals surface area contributed by atoms with E-state index in [1.807, 2.05) is 18.3 Å². The summed E-state index contributed by atoms with van der Waals surface area (Å²) in [6, 6.07) is 3.95. The largest absolute Gasteiger partial charge is 0.399 e. The van der Waals surface area contributed by atoms with E-state index in [4.69, 9.17) is 0 Å². The summed E-state index contributed by atoms with van der Waals surface area (Å²) in [4.78, 5) is 14.0. The summed E-state index contributed by atoms with van der Waals surface area (Å²) in [5.41, 5.74) is 2.69. The second-order valence-corrected chi connectivity index (χ2v) is 6.96. The highest BCUT2D eigenvalue weighted by Gasteiger charge is 2.30. The molecule has 0 spiro atoms. The second-order valence-electron chi connectivity index (χ2n) is 5.90. The van der Waals surface area contributed by atoms with E-state index in [9.17, 15) is 13.2 Å². The number of hydrogen-bond acceptors (Lipinski definition) is 5. The number of alkyl halides is 3. The Bertz CT molecular complexity index is 886. The fourth-order valence-electron chi connectivity index (χ4n) is 3.13. The predicted octanol–water partition coefficient (Wildman–Crippen LogP) is 3.44. The average Bonchev–Trinajstić information content (AvgIpc) is 3.08. The number of nitrogens with one attached hydrogen (secondary N) is 1. The van der Waals surface area contributed by atoms with Crippen LogP contribution >= 0.6 is 11.9 Å². The normalized spacial score (nSPS) is 16.8. The van der Waals surface area contributed by atoms with Crippen LogP contribution in [0.4, 0.5) is 18.9 Å². The molecule has 0 aromatic carbocycles. The monoisotopic (exact) mass is 367 g/mol. The Morgan fingerprint density at radius 3 is 2.68 bits per heavy atom. The number of nitrogens with zero attached hydrogens (tertiary/aromatic N) is 4. The summed E-state index contributed by atoms with van der Waals surface area (Å²) in [5, 5.41) is 2.04. The fraction of sp³-hybridized carbons (Fsp3) is 0.375. The number of hydrogen-bond donors (Lipinski definition) is 1. The van der Waals surface area contributed by atoms with E-state index in [-0.39, 0.29) is 0 Å². The van der Waals surface area contributed by atoms with Crippen molar-refractivity contribution in [3.8, 4) is 0 Å². The Kier molecular flexibility index (Phi) is 4.20. The number of aromatic amines is 1. The van der Waals surface area contributed by atoms with Gasteiger partial charge in [0, 0.05) is 55.0 Å². The molecule has 0 radical (unpaired) electrons. The quantitative estimate of drug-likeness (QED) is 0.719. The summed E-state index contributed by atoms with van der Waals surface area (Å²) in [6.07, 6.45) is 1.24. The summed E-state index contributed by atoms with van der Waals surface area (Å²) in [5.74, 6) is -0.832. The van der Waals surface area contributed by atoms with E-state index in [1.165, 1.54) is 0 Å². The third-order valence-electron chi connectivity index (χ3n) is 4.26. The first-order valence-corrected chi connectivity index (χ1v) is 8.86. The lowest BCUT2D eigenvalue weighted by atomic mass is 10.1. The van der Waals surface area contributed by atoms with Gasteiger partial charge in [-0.2, -0.15) is 13.2 Å². The van der Waals surface area contributed by atoms with Crippen molar-refractivity contribution in [2.75, 3.05) is 36.8 Å². The molecule has 3 aromatic heterocycles. The maximum Gasteiger partial charge on any atom is 0.399 e. The number of anilines is 1. The van der Waals surface area contributed by atoms with Crippen molar-refractivity contribution in [3.05, 3.63) is 30.7 Å². The van der Waals surface area contributed by atoms with Gasteiger partial charge in [0.25, 0.3) is 0 Å². The third-order valence-corrected chi connectivity index (χ3v) is 5.45. The lowest BCUT2D eigenvalue weighted by Gasteiger charge is -2.36. The number of rotatable bonds is 3. The van der Waals surface area contributed by atoms with Gasteiger partial charge in [-0.15, -0.1) is 0 Å². The molecule has 0 aliphatic carbocycles. The molecule has 0 bridgehead atoms. The zero-order chi connectivity index (χ0) is 17.4. The number of H-pyrrole nitrogens is 1. The van der Waals surface area contributed by atoms with E-state index < -0.39 is 11.9 Å². The van der Waals surface area contributed by atoms with Crippen molar-refractivity contribution in [2.24, 2.45) is 0 Å². The molecule has 25 heavy (non-hydrogen) atoms. The molecule has 1 saturated heterocycles. The molecule has 1 fully saturated rings. The van der Waals surface area contributed by atoms with E-state index >= 15 is 0 Å². The molecule has 0 amide bonds. The van der Waals surface area contributed by atoms with Gasteiger partial charge in [0.15, 0.2) is 5.65 Å². The molecule has 0 saturated carbocycles. The van der Waals surface area contributed by atoms with Gasteiger partial charge in [0.2, 0.25) is 0 Å². The second kappa shape index (κ2) is 6.38. The van der Waals surface area contributed by atoms with Crippen LogP contribution < -0.4 is 4.90 Å². The van der Waals surface area contributed by atoms with Crippen molar-refractivity contribution in [3.63, 3.8) is 0 Å². The van der Waals surface area contributed by atoms with Crippen molar-refractivity contribution >= 4 is 39.6 Å². The number of halogens is 3. The van der Waals surface area contributed by atoms with Gasteiger partial charge in [0.05, 0.1) is 11.7 Å². The summed E-state index contributed by atoms with van der Waals surface area (Å²) in [6.45, 7) is 2.55. The van der Waals surface area contributed by atoms with Crippen molar-refractivity contribution < 1.29 is 13.2 Å². The average molecular weight is 367 g/mol.